The van der Waals surface area contributed by atoms with Crippen LogP contribution in [0.1, 0.15) is 29.3 Å². The first-order valence-corrected chi connectivity index (χ1v) is 10.9. The van der Waals surface area contributed by atoms with Gasteiger partial charge in [0.1, 0.15) is 5.82 Å². The monoisotopic (exact) mass is 428 g/mol. The molecule has 0 spiro atoms. The van der Waals surface area contributed by atoms with E-state index in [1.54, 1.807) is 17.0 Å². The summed E-state index contributed by atoms with van der Waals surface area (Å²) in [4.78, 5) is 32.0. The van der Waals surface area contributed by atoms with E-state index in [0.717, 1.165) is 16.7 Å². The summed E-state index contributed by atoms with van der Waals surface area (Å²) in [6.07, 6.45) is 2.68. The van der Waals surface area contributed by atoms with Gasteiger partial charge in [-0.25, -0.2) is 4.98 Å². The highest BCUT2D eigenvalue weighted by Crippen LogP contribution is 2.36. The second kappa shape index (κ2) is 9.22. The summed E-state index contributed by atoms with van der Waals surface area (Å²) < 4.78 is 0. The van der Waals surface area contributed by atoms with Crippen LogP contribution in [0.25, 0.3) is 11.1 Å². The number of benzene rings is 2. The van der Waals surface area contributed by atoms with Crippen molar-refractivity contribution < 1.29 is 9.59 Å². The van der Waals surface area contributed by atoms with Crippen molar-refractivity contribution in [2.45, 2.75) is 19.8 Å². The van der Waals surface area contributed by atoms with Crippen molar-refractivity contribution in [1.29, 1.82) is 0 Å². The van der Waals surface area contributed by atoms with E-state index in [1.165, 1.54) is 6.20 Å². The maximum atomic E-state index is 13.2. The van der Waals surface area contributed by atoms with E-state index in [0.29, 0.717) is 43.9 Å². The van der Waals surface area contributed by atoms with Crippen LogP contribution in [0.15, 0.2) is 72.9 Å². The number of likely N-dealkylation sites (tertiary alicyclic amines) is 1. The summed E-state index contributed by atoms with van der Waals surface area (Å²) >= 11 is 0. The number of hydrogen-bond acceptors (Lipinski definition) is 4. The van der Waals surface area contributed by atoms with E-state index < -0.39 is 5.41 Å². The van der Waals surface area contributed by atoms with Gasteiger partial charge >= 0.3 is 0 Å². The van der Waals surface area contributed by atoms with E-state index in [1.807, 2.05) is 31.2 Å². The number of nitrogens with two attached hydrogens (primary N) is 1. The Morgan fingerprint density at radius 1 is 1.06 bits per heavy atom. The third-order valence-corrected chi connectivity index (χ3v) is 6.07. The molecule has 1 saturated heterocycles. The zero-order chi connectivity index (χ0) is 22.6. The van der Waals surface area contributed by atoms with Crippen molar-refractivity contribution in [3.63, 3.8) is 0 Å². The smallest absolute Gasteiger partial charge is 0.255 e. The highest BCUT2D eigenvalue weighted by atomic mass is 16.2. The Bertz CT molecular complexity index is 1100. The fourth-order valence-corrected chi connectivity index (χ4v) is 4.40. The lowest BCUT2D eigenvalue weighted by Crippen LogP contribution is -2.45. The van der Waals surface area contributed by atoms with Crippen LogP contribution in [-0.4, -0.2) is 41.3 Å². The number of aromatic nitrogens is 1. The van der Waals surface area contributed by atoms with E-state index >= 15 is 0 Å². The fourth-order valence-electron chi connectivity index (χ4n) is 4.40. The summed E-state index contributed by atoms with van der Waals surface area (Å²) in [7, 11) is 0. The Balaban J connectivity index is 1.59. The maximum absolute atomic E-state index is 13.2. The van der Waals surface area contributed by atoms with E-state index in [-0.39, 0.29) is 11.8 Å². The zero-order valence-corrected chi connectivity index (χ0v) is 18.3. The van der Waals surface area contributed by atoms with E-state index in [4.69, 9.17) is 5.73 Å². The number of carbonyl (C=O) groups is 2. The average Bonchev–Trinajstić information content (AvgIpc) is 3.25. The Labute approximate surface area is 188 Å². The van der Waals surface area contributed by atoms with Crippen LogP contribution in [0.2, 0.25) is 0 Å². The standard InChI is InChI=1S/C26H28N4O2/c1-2-28-25(32)26(13-14-30(18-26)24(31)22-11-12-23(27)29-17-22)16-19-7-6-10-21(15-19)20-8-4-3-5-9-20/h3-12,15,17H,2,13-14,16,18H2,1H3,(H2,27,29)(H,28,32)/t26-/m0/s1. The van der Waals surface area contributed by atoms with Crippen LogP contribution in [0.4, 0.5) is 5.82 Å². The number of nitrogens with one attached hydrogen (secondary N) is 1. The topological polar surface area (TPSA) is 88.3 Å². The maximum Gasteiger partial charge on any atom is 0.255 e. The lowest BCUT2D eigenvalue weighted by Gasteiger charge is -2.28. The van der Waals surface area contributed by atoms with Crippen LogP contribution < -0.4 is 11.1 Å². The van der Waals surface area contributed by atoms with Gasteiger partial charge in [0.2, 0.25) is 5.91 Å². The van der Waals surface area contributed by atoms with E-state index in [9.17, 15) is 9.59 Å². The van der Waals surface area contributed by atoms with Crippen molar-refractivity contribution in [2.24, 2.45) is 5.41 Å². The number of nitrogen functional groups attached to an aromatic ring is 1. The fraction of sp³-hybridized carbons (Fsp3) is 0.269. The molecular formula is C26H28N4O2. The second-order valence-electron chi connectivity index (χ2n) is 8.33. The molecule has 1 aromatic heterocycles. The largest absolute Gasteiger partial charge is 0.384 e. The first-order valence-electron chi connectivity index (χ1n) is 10.9. The summed E-state index contributed by atoms with van der Waals surface area (Å²) in [6, 6.07) is 21.8. The molecule has 32 heavy (non-hydrogen) atoms. The SMILES string of the molecule is CCNC(=O)[C@]1(Cc2cccc(-c3ccccc3)c2)CCN(C(=O)c2ccc(N)nc2)C1. The molecule has 2 aromatic carbocycles. The highest BCUT2D eigenvalue weighted by Gasteiger charge is 2.46. The molecule has 3 aromatic rings. The minimum absolute atomic E-state index is 0.00385. The Kier molecular flexibility index (Phi) is 6.21. The molecule has 2 heterocycles. The van der Waals surface area contributed by atoms with Gasteiger partial charge < -0.3 is 16.0 Å². The van der Waals surface area contributed by atoms with E-state index in [2.05, 4.69) is 40.6 Å². The van der Waals surface area contributed by atoms with Gasteiger partial charge in [-0.05, 0) is 48.6 Å². The van der Waals surface area contributed by atoms with Crippen molar-refractivity contribution in [3.8, 4) is 11.1 Å². The molecule has 1 fully saturated rings. The summed E-state index contributed by atoms with van der Waals surface area (Å²) in [5.74, 6) is 0.246. The summed E-state index contributed by atoms with van der Waals surface area (Å²) in [5.41, 5.74) is 8.81. The molecule has 1 aliphatic rings. The predicted molar refractivity (Wildman–Crippen MR) is 126 cm³/mol. The van der Waals surface area contributed by atoms with Gasteiger partial charge in [0.15, 0.2) is 0 Å². The van der Waals surface area contributed by atoms with Crippen LogP contribution in [0, 0.1) is 5.41 Å². The quantitative estimate of drug-likeness (QED) is 0.629. The molecule has 1 atom stereocenters. The predicted octanol–water partition coefficient (Wildman–Crippen LogP) is 3.54. The molecule has 6 nitrogen and oxygen atoms in total. The Morgan fingerprint density at radius 2 is 1.84 bits per heavy atom. The molecule has 2 amide bonds. The number of nitrogens with zero attached hydrogens (tertiary/aromatic N) is 2. The van der Waals surface area contributed by atoms with Crippen molar-refractivity contribution in [3.05, 3.63) is 84.1 Å². The van der Waals surface area contributed by atoms with Gasteiger partial charge in [-0.15, -0.1) is 0 Å². The lowest BCUT2D eigenvalue weighted by atomic mass is 9.79. The second-order valence-corrected chi connectivity index (χ2v) is 8.33. The number of rotatable bonds is 6. The first-order chi connectivity index (χ1) is 15.5. The van der Waals surface area contributed by atoms with Crippen LogP contribution in [-0.2, 0) is 11.2 Å². The molecule has 0 radical (unpaired) electrons. The van der Waals surface area contributed by atoms with Gasteiger partial charge in [0.05, 0.1) is 11.0 Å². The number of amides is 2. The molecule has 0 unspecified atom stereocenters. The third-order valence-electron chi connectivity index (χ3n) is 6.07. The minimum atomic E-state index is -0.664. The normalized spacial score (nSPS) is 17.8. The molecule has 3 N–H and O–H groups in total. The third kappa shape index (κ3) is 4.49. The van der Waals surface area contributed by atoms with Crippen molar-refractivity contribution in [2.75, 3.05) is 25.4 Å². The van der Waals surface area contributed by atoms with Gasteiger partial charge in [0, 0.05) is 25.8 Å². The van der Waals surface area contributed by atoms with Gasteiger partial charge in [-0.3, -0.25) is 9.59 Å². The number of carbonyl (C=O) groups excluding carboxylic acids is 2. The molecule has 4 rings (SSSR count). The van der Waals surface area contributed by atoms with Gasteiger partial charge in [-0.1, -0.05) is 54.6 Å². The van der Waals surface area contributed by atoms with Gasteiger partial charge in [0.25, 0.3) is 5.91 Å². The molecule has 0 saturated carbocycles. The highest BCUT2D eigenvalue weighted by molar-refractivity contribution is 5.95. The number of anilines is 1. The molecule has 164 valence electrons. The summed E-state index contributed by atoms with van der Waals surface area (Å²) in [6.45, 7) is 3.37. The molecule has 1 aliphatic heterocycles. The van der Waals surface area contributed by atoms with Crippen molar-refractivity contribution in [1.82, 2.24) is 15.2 Å². The summed E-state index contributed by atoms with van der Waals surface area (Å²) in [5, 5.41) is 3.00. The lowest BCUT2D eigenvalue weighted by molar-refractivity contribution is -0.130. The molecule has 6 heteroatoms. The Hall–Kier alpha value is -3.67. The average molecular weight is 429 g/mol. The Morgan fingerprint density at radius 3 is 2.56 bits per heavy atom. The first kappa shape index (κ1) is 21.6. The van der Waals surface area contributed by atoms with Crippen molar-refractivity contribution >= 4 is 17.6 Å². The molecule has 0 aliphatic carbocycles. The molecule has 0 bridgehead atoms. The van der Waals surface area contributed by atoms with Crippen LogP contribution in [0.3, 0.4) is 0 Å². The van der Waals surface area contributed by atoms with Crippen LogP contribution >= 0.6 is 0 Å². The molecular weight excluding hydrogens is 400 g/mol. The number of pyridine rings is 1. The number of hydrogen-bond donors (Lipinski definition) is 2. The zero-order valence-electron chi connectivity index (χ0n) is 18.3. The minimum Gasteiger partial charge on any atom is -0.384 e. The van der Waals surface area contributed by atoms with Crippen LogP contribution in [0.5, 0.6) is 0 Å². The van der Waals surface area contributed by atoms with Gasteiger partial charge in [-0.2, -0.15) is 0 Å².